The first kappa shape index (κ1) is 18.0. The third-order valence-electron chi connectivity index (χ3n) is 3.66. The van der Waals surface area contributed by atoms with Crippen LogP contribution in [0.4, 0.5) is 0 Å². The van der Waals surface area contributed by atoms with Crippen LogP contribution in [-0.4, -0.2) is 31.5 Å². The fourth-order valence-electron chi connectivity index (χ4n) is 2.44. The zero-order valence-electron chi connectivity index (χ0n) is 14.1. The van der Waals surface area contributed by atoms with Crippen molar-refractivity contribution in [3.63, 3.8) is 0 Å². The molecule has 0 fully saturated rings. The number of hydrogen-bond donors (Lipinski definition) is 2. The monoisotopic (exact) mass is 327 g/mol. The molecule has 1 atom stereocenters. The van der Waals surface area contributed by atoms with E-state index < -0.39 is 6.10 Å². The van der Waals surface area contributed by atoms with Crippen LogP contribution >= 0.6 is 0 Å². The first-order valence-corrected chi connectivity index (χ1v) is 8.07. The summed E-state index contributed by atoms with van der Waals surface area (Å²) in [5.74, 6) is 1.63. The molecule has 1 unspecified atom stereocenters. The second-order valence-corrected chi connectivity index (χ2v) is 5.51. The molecule has 24 heavy (non-hydrogen) atoms. The van der Waals surface area contributed by atoms with Gasteiger partial charge in [-0.05, 0) is 24.1 Å². The van der Waals surface area contributed by atoms with Gasteiger partial charge in [0.05, 0.1) is 7.11 Å². The van der Waals surface area contributed by atoms with Crippen LogP contribution in [0.5, 0.6) is 11.5 Å². The van der Waals surface area contributed by atoms with Crippen molar-refractivity contribution in [2.24, 2.45) is 0 Å². The van der Waals surface area contributed by atoms with Gasteiger partial charge in [0.2, 0.25) is 0 Å². The molecule has 0 bridgehead atoms. The fraction of sp³-hybridized carbons (Fsp3) is 0.300. The Hall–Kier alpha value is -2.30. The Kier molecular flexibility index (Phi) is 7.33. The first-order valence-electron chi connectivity index (χ1n) is 8.07. The van der Waals surface area contributed by atoms with E-state index in [4.69, 9.17) is 9.47 Å². The third kappa shape index (κ3) is 5.41. The predicted octanol–water partition coefficient (Wildman–Crippen LogP) is 2.95. The Morgan fingerprint density at radius 1 is 1.08 bits per heavy atom. The minimum Gasteiger partial charge on any atom is -0.496 e. The highest BCUT2D eigenvalue weighted by Crippen LogP contribution is 2.19. The summed E-state index contributed by atoms with van der Waals surface area (Å²) in [5.41, 5.74) is 2.13. The van der Waals surface area contributed by atoms with Crippen LogP contribution < -0.4 is 14.8 Å². The number of hydrogen-bond acceptors (Lipinski definition) is 4. The molecule has 0 aromatic heterocycles. The van der Waals surface area contributed by atoms with E-state index in [9.17, 15) is 5.11 Å². The van der Waals surface area contributed by atoms with Crippen molar-refractivity contribution in [2.75, 3.05) is 20.3 Å². The van der Waals surface area contributed by atoms with Crippen molar-refractivity contribution in [2.45, 2.75) is 19.1 Å². The second kappa shape index (κ2) is 9.75. The maximum atomic E-state index is 10.1. The van der Waals surface area contributed by atoms with Crippen molar-refractivity contribution >= 4 is 0 Å². The lowest BCUT2D eigenvalue weighted by atomic mass is 10.1. The van der Waals surface area contributed by atoms with E-state index in [2.05, 4.69) is 11.9 Å². The highest BCUT2D eigenvalue weighted by Gasteiger charge is 2.08. The minimum atomic E-state index is -0.587. The lowest BCUT2D eigenvalue weighted by Gasteiger charge is -2.16. The number of rotatable bonds is 10. The van der Waals surface area contributed by atoms with Gasteiger partial charge in [-0.15, -0.1) is 6.58 Å². The maximum Gasteiger partial charge on any atom is 0.123 e. The van der Waals surface area contributed by atoms with E-state index in [1.807, 2.05) is 54.6 Å². The molecule has 0 heterocycles. The number of aliphatic hydroxyl groups is 1. The average Bonchev–Trinajstić information content (AvgIpc) is 2.61. The Morgan fingerprint density at radius 3 is 2.46 bits per heavy atom. The van der Waals surface area contributed by atoms with Gasteiger partial charge >= 0.3 is 0 Å². The molecule has 2 N–H and O–H groups in total. The summed E-state index contributed by atoms with van der Waals surface area (Å²) in [6.07, 6.45) is 2.00. The molecular formula is C20H25NO3. The average molecular weight is 327 g/mol. The lowest BCUT2D eigenvalue weighted by Crippen LogP contribution is -2.31. The van der Waals surface area contributed by atoms with Gasteiger partial charge in [0.15, 0.2) is 0 Å². The van der Waals surface area contributed by atoms with E-state index in [0.717, 1.165) is 29.0 Å². The van der Waals surface area contributed by atoms with Crippen LogP contribution in [0.1, 0.15) is 11.1 Å². The summed E-state index contributed by atoms with van der Waals surface area (Å²) in [6, 6.07) is 15.6. The molecule has 0 radical (unpaired) electrons. The minimum absolute atomic E-state index is 0.243. The Balaban J connectivity index is 1.77. The van der Waals surface area contributed by atoms with E-state index in [-0.39, 0.29) is 6.61 Å². The first-order chi connectivity index (χ1) is 11.7. The van der Waals surface area contributed by atoms with E-state index in [0.29, 0.717) is 13.1 Å². The van der Waals surface area contributed by atoms with E-state index in [1.165, 1.54) is 0 Å². The third-order valence-corrected chi connectivity index (χ3v) is 3.66. The molecule has 0 aliphatic rings. The second-order valence-electron chi connectivity index (χ2n) is 5.51. The van der Waals surface area contributed by atoms with Gasteiger partial charge in [0.25, 0.3) is 0 Å². The molecular weight excluding hydrogens is 302 g/mol. The Morgan fingerprint density at radius 2 is 1.75 bits per heavy atom. The molecule has 0 amide bonds. The molecule has 0 saturated heterocycles. The number of aliphatic hydroxyl groups excluding tert-OH is 1. The van der Waals surface area contributed by atoms with Crippen LogP contribution in [0.15, 0.2) is 61.2 Å². The van der Waals surface area contributed by atoms with E-state index >= 15 is 0 Å². The molecule has 2 rings (SSSR count). The largest absolute Gasteiger partial charge is 0.496 e. The summed E-state index contributed by atoms with van der Waals surface area (Å²) in [7, 11) is 1.65. The molecule has 0 aliphatic heterocycles. The molecule has 4 nitrogen and oxygen atoms in total. The molecule has 128 valence electrons. The SMILES string of the molecule is C=CCc1ccccc1OCC(O)CNCc1ccccc1OC. The van der Waals surface area contributed by atoms with Crippen LogP contribution in [0.25, 0.3) is 0 Å². The quantitative estimate of drug-likeness (QED) is 0.659. The van der Waals surface area contributed by atoms with Crippen molar-refractivity contribution in [1.82, 2.24) is 5.32 Å². The zero-order chi connectivity index (χ0) is 17.2. The van der Waals surface area contributed by atoms with Crippen LogP contribution in [0.2, 0.25) is 0 Å². The summed E-state index contributed by atoms with van der Waals surface area (Å²) in [4.78, 5) is 0. The van der Waals surface area contributed by atoms with Gasteiger partial charge in [-0.2, -0.15) is 0 Å². The van der Waals surface area contributed by atoms with Gasteiger partial charge in [-0.1, -0.05) is 42.5 Å². The molecule has 0 aliphatic carbocycles. The van der Waals surface area contributed by atoms with Crippen molar-refractivity contribution < 1.29 is 14.6 Å². The standard InChI is InChI=1S/C20H25NO3/c1-3-8-16-9-4-7-12-20(16)24-15-18(22)14-21-13-17-10-5-6-11-19(17)23-2/h3-7,9-12,18,21-22H,1,8,13-15H2,2H3. The van der Waals surface area contributed by atoms with Gasteiger partial charge in [0.1, 0.15) is 24.2 Å². The molecule has 0 spiro atoms. The number of ether oxygens (including phenoxy) is 2. The summed E-state index contributed by atoms with van der Waals surface area (Å²) in [5, 5.41) is 13.3. The fourth-order valence-corrected chi connectivity index (χ4v) is 2.44. The van der Waals surface area contributed by atoms with Crippen LogP contribution in [0.3, 0.4) is 0 Å². The van der Waals surface area contributed by atoms with E-state index in [1.54, 1.807) is 7.11 Å². The summed E-state index contributed by atoms with van der Waals surface area (Å²) in [6.45, 7) is 5.07. The van der Waals surface area contributed by atoms with Crippen molar-refractivity contribution in [1.29, 1.82) is 0 Å². The molecule has 4 heteroatoms. The normalized spacial score (nSPS) is 11.8. The Labute approximate surface area is 143 Å². The van der Waals surface area contributed by atoms with Crippen molar-refractivity contribution in [3.05, 3.63) is 72.3 Å². The topological polar surface area (TPSA) is 50.7 Å². The van der Waals surface area contributed by atoms with Gasteiger partial charge < -0.3 is 19.9 Å². The summed E-state index contributed by atoms with van der Waals surface area (Å²) < 4.78 is 11.0. The lowest BCUT2D eigenvalue weighted by molar-refractivity contribution is 0.105. The number of allylic oxidation sites excluding steroid dienone is 1. The van der Waals surface area contributed by atoms with Crippen LogP contribution in [-0.2, 0) is 13.0 Å². The van der Waals surface area contributed by atoms with Gasteiger partial charge in [0, 0.05) is 18.7 Å². The van der Waals surface area contributed by atoms with Crippen molar-refractivity contribution in [3.8, 4) is 11.5 Å². The summed E-state index contributed by atoms with van der Waals surface area (Å²) >= 11 is 0. The zero-order valence-corrected chi connectivity index (χ0v) is 14.1. The van der Waals surface area contributed by atoms with Crippen LogP contribution in [0, 0.1) is 0 Å². The molecule has 0 saturated carbocycles. The number of methoxy groups -OCH3 is 1. The van der Waals surface area contributed by atoms with Gasteiger partial charge in [-0.25, -0.2) is 0 Å². The smallest absolute Gasteiger partial charge is 0.123 e. The molecule has 2 aromatic carbocycles. The Bertz CT molecular complexity index is 642. The highest BCUT2D eigenvalue weighted by atomic mass is 16.5. The number of benzene rings is 2. The number of nitrogens with one attached hydrogen (secondary N) is 1. The van der Waals surface area contributed by atoms with Gasteiger partial charge in [-0.3, -0.25) is 0 Å². The predicted molar refractivity (Wildman–Crippen MR) is 96.5 cm³/mol. The highest BCUT2D eigenvalue weighted by molar-refractivity contribution is 5.35. The number of para-hydroxylation sites is 2. The molecule has 2 aromatic rings. The maximum absolute atomic E-state index is 10.1.